The van der Waals surface area contributed by atoms with E-state index in [1.54, 1.807) is 4.90 Å². The van der Waals surface area contributed by atoms with Crippen molar-refractivity contribution < 1.29 is 9.53 Å². The molecule has 1 rings (SSSR count). The van der Waals surface area contributed by atoms with E-state index >= 15 is 0 Å². The fraction of sp³-hybridized carbons (Fsp3) is 0.889. The van der Waals surface area contributed by atoms with Crippen LogP contribution in [0, 0.1) is 5.92 Å². The van der Waals surface area contributed by atoms with Crippen LogP contribution in [0.5, 0.6) is 0 Å². The maximum Gasteiger partial charge on any atom is 0.409 e. The predicted octanol–water partition coefficient (Wildman–Crippen LogP) is -0.425. The Hall–Kier alpha value is -0.810. The molecule has 0 atom stereocenters. The summed E-state index contributed by atoms with van der Waals surface area (Å²) in [5, 5.41) is 0. The molecule has 1 aliphatic rings. The molecular weight excluding hydrogens is 182 g/mol. The van der Waals surface area contributed by atoms with Gasteiger partial charge >= 0.3 is 6.09 Å². The first-order valence-electron chi connectivity index (χ1n) is 4.89. The van der Waals surface area contributed by atoms with E-state index in [0.29, 0.717) is 12.5 Å². The molecule has 0 aromatic heterocycles. The summed E-state index contributed by atoms with van der Waals surface area (Å²) in [6, 6.07) is 0. The van der Waals surface area contributed by atoms with Crippen molar-refractivity contribution in [2.24, 2.45) is 11.7 Å². The molecule has 0 saturated carbocycles. The van der Waals surface area contributed by atoms with Crippen LogP contribution in [-0.4, -0.2) is 62.8 Å². The molecule has 1 fully saturated rings. The van der Waals surface area contributed by atoms with E-state index < -0.39 is 0 Å². The van der Waals surface area contributed by atoms with Gasteiger partial charge in [0.2, 0.25) is 0 Å². The molecule has 0 radical (unpaired) electrons. The van der Waals surface area contributed by atoms with Crippen molar-refractivity contribution in [3.8, 4) is 0 Å². The van der Waals surface area contributed by atoms with Gasteiger partial charge in [-0.3, -0.25) is 0 Å². The molecule has 2 N–H and O–H groups in total. The predicted molar refractivity (Wildman–Crippen MR) is 54.0 cm³/mol. The fourth-order valence-electron chi connectivity index (χ4n) is 1.72. The molecular formula is C9H19N3O2. The quantitative estimate of drug-likeness (QED) is 0.671. The number of nitrogens with two attached hydrogens (primary N) is 1. The summed E-state index contributed by atoms with van der Waals surface area (Å²) in [5.41, 5.74) is 5.44. The molecule has 1 amide bonds. The van der Waals surface area contributed by atoms with Crippen LogP contribution >= 0.6 is 0 Å². The lowest BCUT2D eigenvalue weighted by Gasteiger charge is -2.39. The minimum atomic E-state index is -0.220. The molecule has 82 valence electrons. The number of nitrogens with zero attached hydrogens (tertiary/aromatic N) is 2. The average molecular weight is 201 g/mol. The van der Waals surface area contributed by atoms with E-state index in [1.807, 2.05) is 7.05 Å². The molecule has 14 heavy (non-hydrogen) atoms. The molecule has 0 aromatic rings. The molecule has 1 heterocycles. The van der Waals surface area contributed by atoms with E-state index in [9.17, 15) is 4.79 Å². The summed E-state index contributed by atoms with van der Waals surface area (Å²) >= 11 is 0. The van der Waals surface area contributed by atoms with Crippen molar-refractivity contribution in [2.45, 2.75) is 0 Å². The molecule has 0 bridgehead atoms. The van der Waals surface area contributed by atoms with Crippen molar-refractivity contribution >= 4 is 6.09 Å². The second kappa shape index (κ2) is 5.17. The van der Waals surface area contributed by atoms with Gasteiger partial charge in [-0.25, -0.2) is 4.79 Å². The van der Waals surface area contributed by atoms with Crippen molar-refractivity contribution in [1.29, 1.82) is 0 Å². The highest BCUT2D eigenvalue weighted by Crippen LogP contribution is 2.16. The lowest BCUT2D eigenvalue weighted by atomic mass is 10.0. The Labute approximate surface area is 84.8 Å². The van der Waals surface area contributed by atoms with Gasteiger partial charge in [-0.05, 0) is 7.05 Å². The number of ether oxygens (including phenoxy) is 1. The first kappa shape index (κ1) is 11.3. The second-order valence-electron chi connectivity index (χ2n) is 3.79. The van der Waals surface area contributed by atoms with Crippen molar-refractivity contribution in [1.82, 2.24) is 9.80 Å². The molecule has 0 aliphatic carbocycles. The minimum Gasteiger partial charge on any atom is -0.453 e. The van der Waals surface area contributed by atoms with Crippen LogP contribution in [0.25, 0.3) is 0 Å². The maximum absolute atomic E-state index is 11.0. The van der Waals surface area contributed by atoms with Gasteiger partial charge in [-0.1, -0.05) is 0 Å². The zero-order valence-corrected chi connectivity index (χ0v) is 8.90. The Morgan fingerprint density at radius 1 is 1.64 bits per heavy atom. The number of carbonyl (C=O) groups is 1. The highest BCUT2D eigenvalue weighted by Gasteiger charge is 2.31. The zero-order valence-electron chi connectivity index (χ0n) is 8.90. The number of hydrogen-bond donors (Lipinski definition) is 1. The highest BCUT2D eigenvalue weighted by molar-refractivity contribution is 5.68. The van der Waals surface area contributed by atoms with Crippen LogP contribution < -0.4 is 5.73 Å². The van der Waals surface area contributed by atoms with E-state index in [4.69, 9.17) is 5.73 Å². The fourth-order valence-corrected chi connectivity index (χ4v) is 1.72. The molecule has 5 nitrogen and oxygen atoms in total. The highest BCUT2D eigenvalue weighted by atomic mass is 16.5. The normalized spacial score (nSPS) is 17.0. The summed E-state index contributed by atoms with van der Waals surface area (Å²) in [6.45, 7) is 4.21. The number of hydrogen-bond acceptors (Lipinski definition) is 4. The third kappa shape index (κ3) is 2.85. The maximum atomic E-state index is 11.0. The Morgan fingerprint density at radius 3 is 2.79 bits per heavy atom. The van der Waals surface area contributed by atoms with Gasteiger partial charge in [0.15, 0.2) is 0 Å². The van der Waals surface area contributed by atoms with Crippen molar-refractivity contribution in [3.63, 3.8) is 0 Å². The lowest BCUT2D eigenvalue weighted by Crippen LogP contribution is -2.53. The molecule has 1 aliphatic heterocycles. The first-order valence-corrected chi connectivity index (χ1v) is 4.89. The Kier molecular flexibility index (Phi) is 4.16. The van der Waals surface area contributed by atoms with Crippen LogP contribution in [0.1, 0.15) is 0 Å². The number of methoxy groups -OCH3 is 1. The van der Waals surface area contributed by atoms with Gasteiger partial charge < -0.3 is 20.3 Å². The van der Waals surface area contributed by atoms with Gasteiger partial charge in [-0.15, -0.1) is 0 Å². The number of likely N-dealkylation sites (tertiary alicyclic amines) is 1. The Morgan fingerprint density at radius 2 is 2.29 bits per heavy atom. The second-order valence-corrected chi connectivity index (χ2v) is 3.79. The zero-order chi connectivity index (χ0) is 10.6. The Balaban J connectivity index is 2.12. The van der Waals surface area contributed by atoms with Gasteiger partial charge in [0.05, 0.1) is 7.11 Å². The molecule has 0 aromatic carbocycles. The van der Waals surface area contributed by atoms with Gasteiger partial charge in [0, 0.05) is 38.6 Å². The topological polar surface area (TPSA) is 58.8 Å². The summed E-state index contributed by atoms with van der Waals surface area (Å²) in [4.78, 5) is 14.9. The van der Waals surface area contributed by atoms with Gasteiger partial charge in [0.1, 0.15) is 0 Å². The number of amides is 1. The van der Waals surface area contributed by atoms with Crippen molar-refractivity contribution in [2.75, 3.05) is 46.9 Å². The van der Waals surface area contributed by atoms with Gasteiger partial charge in [-0.2, -0.15) is 0 Å². The van der Waals surface area contributed by atoms with Crippen LogP contribution in [0.3, 0.4) is 0 Å². The smallest absolute Gasteiger partial charge is 0.409 e. The standard InChI is InChI=1S/C9H19N3O2/c1-11(4-3-10)5-8-6-12(7-8)9(13)14-2/h8H,3-7,10H2,1-2H3. The summed E-state index contributed by atoms with van der Waals surface area (Å²) in [5.74, 6) is 0.575. The average Bonchev–Trinajstić information content (AvgIpc) is 2.10. The van der Waals surface area contributed by atoms with Crippen LogP contribution in [-0.2, 0) is 4.74 Å². The molecule has 5 heteroatoms. The van der Waals surface area contributed by atoms with Crippen molar-refractivity contribution in [3.05, 3.63) is 0 Å². The molecule has 0 spiro atoms. The lowest BCUT2D eigenvalue weighted by molar-refractivity contribution is 0.0555. The third-order valence-electron chi connectivity index (χ3n) is 2.47. The van der Waals surface area contributed by atoms with E-state index in [0.717, 1.165) is 26.2 Å². The van der Waals surface area contributed by atoms with E-state index in [2.05, 4.69) is 9.64 Å². The monoisotopic (exact) mass is 201 g/mol. The largest absolute Gasteiger partial charge is 0.453 e. The minimum absolute atomic E-state index is 0.220. The Bertz CT molecular complexity index is 192. The van der Waals surface area contributed by atoms with E-state index in [-0.39, 0.29) is 6.09 Å². The third-order valence-corrected chi connectivity index (χ3v) is 2.47. The SMILES string of the molecule is COC(=O)N1CC(CN(C)CCN)C1. The van der Waals surface area contributed by atoms with E-state index in [1.165, 1.54) is 7.11 Å². The summed E-state index contributed by atoms with van der Waals surface area (Å²) in [6.07, 6.45) is -0.220. The number of likely N-dealkylation sites (N-methyl/N-ethyl adjacent to an activating group) is 1. The van der Waals surface area contributed by atoms with Crippen LogP contribution in [0.4, 0.5) is 4.79 Å². The van der Waals surface area contributed by atoms with Crippen LogP contribution in [0.2, 0.25) is 0 Å². The first-order chi connectivity index (χ1) is 6.67. The van der Waals surface area contributed by atoms with Crippen LogP contribution in [0.15, 0.2) is 0 Å². The molecule has 1 saturated heterocycles. The number of carbonyl (C=O) groups excluding carboxylic acids is 1. The molecule has 0 unspecified atom stereocenters. The summed E-state index contributed by atoms with van der Waals surface area (Å²) < 4.78 is 4.61. The number of rotatable bonds is 4. The van der Waals surface area contributed by atoms with Gasteiger partial charge in [0.25, 0.3) is 0 Å². The summed E-state index contributed by atoms with van der Waals surface area (Å²) in [7, 11) is 3.46.